The monoisotopic (exact) mass is 414 g/mol. The molecule has 0 bridgehead atoms. The summed E-state index contributed by atoms with van der Waals surface area (Å²) in [6.45, 7) is 3.93. The van der Waals surface area contributed by atoms with E-state index in [9.17, 15) is 14.0 Å². The summed E-state index contributed by atoms with van der Waals surface area (Å²) in [4.78, 5) is 25.7. The van der Waals surface area contributed by atoms with Crippen LogP contribution in [-0.4, -0.2) is 49.1 Å². The molecule has 0 unspecified atom stereocenters. The Morgan fingerprint density at radius 3 is 2.73 bits per heavy atom. The van der Waals surface area contributed by atoms with E-state index in [2.05, 4.69) is 10.2 Å². The number of hydrogen-bond donors (Lipinski definition) is 1. The molecule has 1 saturated heterocycles. The van der Waals surface area contributed by atoms with Gasteiger partial charge in [-0.3, -0.25) is 14.5 Å². The Hall–Kier alpha value is -2.77. The molecule has 0 aliphatic carbocycles. The van der Waals surface area contributed by atoms with Crippen LogP contribution >= 0.6 is 0 Å². The van der Waals surface area contributed by atoms with E-state index in [0.29, 0.717) is 49.7 Å². The zero-order chi connectivity index (χ0) is 21.3. The second-order valence-electron chi connectivity index (χ2n) is 7.34. The summed E-state index contributed by atoms with van der Waals surface area (Å²) in [6.07, 6.45) is 1.92. The van der Waals surface area contributed by atoms with Gasteiger partial charge in [0, 0.05) is 32.0 Å². The molecule has 1 amide bonds. The van der Waals surface area contributed by atoms with E-state index in [-0.39, 0.29) is 23.6 Å². The van der Waals surface area contributed by atoms with E-state index in [4.69, 9.17) is 9.47 Å². The molecule has 3 rings (SSSR count). The highest BCUT2D eigenvalue weighted by atomic mass is 19.1. The van der Waals surface area contributed by atoms with Crippen LogP contribution in [0.2, 0.25) is 0 Å². The number of carbonyl (C=O) groups excluding carboxylic acids is 2. The van der Waals surface area contributed by atoms with Crippen LogP contribution in [0.25, 0.3) is 0 Å². The number of rotatable bonds is 9. The van der Waals surface area contributed by atoms with Crippen molar-refractivity contribution in [2.45, 2.75) is 32.3 Å². The smallest absolute Gasteiger partial charge is 0.221 e. The fourth-order valence-electron chi connectivity index (χ4n) is 3.39. The number of para-hydroxylation sites is 2. The summed E-state index contributed by atoms with van der Waals surface area (Å²) in [5.74, 6) is 0.151. The summed E-state index contributed by atoms with van der Waals surface area (Å²) in [5.41, 5.74) is 1.18. The lowest BCUT2D eigenvalue weighted by Crippen LogP contribution is -2.44. The number of Topliss-reactive ketones (excluding diaryl/α,β-unsaturated/α-hetero) is 1. The highest BCUT2D eigenvalue weighted by Crippen LogP contribution is 2.24. The van der Waals surface area contributed by atoms with Gasteiger partial charge in [0.1, 0.15) is 18.3 Å². The molecule has 6 nitrogen and oxygen atoms in total. The normalized spacial score (nSPS) is 16.8. The molecule has 0 radical (unpaired) electrons. The molecular formula is C23H27FN2O4. The van der Waals surface area contributed by atoms with E-state index in [1.807, 2.05) is 18.2 Å². The second-order valence-corrected chi connectivity index (χ2v) is 7.34. The third kappa shape index (κ3) is 6.64. The summed E-state index contributed by atoms with van der Waals surface area (Å²) >= 11 is 0. The minimum atomic E-state index is -0.343. The Balaban J connectivity index is 1.43. The van der Waals surface area contributed by atoms with Gasteiger partial charge in [-0.25, -0.2) is 4.39 Å². The van der Waals surface area contributed by atoms with Gasteiger partial charge in [-0.15, -0.1) is 0 Å². The molecule has 0 aromatic heterocycles. The minimum absolute atomic E-state index is 0.0144. The first-order valence-electron chi connectivity index (χ1n) is 10.1. The van der Waals surface area contributed by atoms with Gasteiger partial charge in [-0.2, -0.15) is 0 Å². The van der Waals surface area contributed by atoms with E-state index >= 15 is 0 Å². The van der Waals surface area contributed by atoms with Crippen molar-refractivity contribution < 1.29 is 23.5 Å². The van der Waals surface area contributed by atoms with Gasteiger partial charge in [0.05, 0.1) is 18.4 Å². The number of amides is 1. The molecule has 2 aromatic carbocycles. The highest BCUT2D eigenvalue weighted by Gasteiger charge is 2.21. The maximum absolute atomic E-state index is 13.0. The molecule has 1 N–H and O–H groups in total. The van der Waals surface area contributed by atoms with E-state index in [1.54, 1.807) is 6.07 Å². The van der Waals surface area contributed by atoms with E-state index in [0.717, 1.165) is 13.0 Å². The molecule has 30 heavy (non-hydrogen) atoms. The number of halogens is 1. The van der Waals surface area contributed by atoms with Crippen LogP contribution in [0.15, 0.2) is 48.5 Å². The molecule has 0 saturated carbocycles. The van der Waals surface area contributed by atoms with Crippen molar-refractivity contribution in [3.8, 4) is 5.75 Å². The average Bonchev–Trinajstić information content (AvgIpc) is 2.73. The minimum Gasteiger partial charge on any atom is -0.476 e. The number of ketones is 1. The highest BCUT2D eigenvalue weighted by molar-refractivity contribution is 5.95. The first kappa shape index (κ1) is 21.9. The first-order chi connectivity index (χ1) is 14.5. The fourth-order valence-corrected chi connectivity index (χ4v) is 3.39. The van der Waals surface area contributed by atoms with Crippen LogP contribution in [-0.2, 0) is 9.53 Å². The Morgan fingerprint density at radius 2 is 1.97 bits per heavy atom. The predicted octanol–water partition coefficient (Wildman–Crippen LogP) is 3.87. The molecule has 1 heterocycles. The maximum Gasteiger partial charge on any atom is 0.221 e. The number of nitrogens with one attached hydrogen (secondary N) is 1. The molecule has 7 heteroatoms. The summed E-state index contributed by atoms with van der Waals surface area (Å²) in [6, 6.07) is 13.0. The van der Waals surface area contributed by atoms with Crippen molar-refractivity contribution in [2.24, 2.45) is 0 Å². The second kappa shape index (κ2) is 10.8. The van der Waals surface area contributed by atoms with E-state index in [1.165, 1.54) is 31.2 Å². The fraction of sp³-hybridized carbons (Fsp3) is 0.391. The topological polar surface area (TPSA) is 67.9 Å². The van der Waals surface area contributed by atoms with Gasteiger partial charge in [-0.1, -0.05) is 12.1 Å². The van der Waals surface area contributed by atoms with Gasteiger partial charge < -0.3 is 14.8 Å². The van der Waals surface area contributed by atoms with Crippen LogP contribution < -0.4 is 10.1 Å². The van der Waals surface area contributed by atoms with E-state index < -0.39 is 0 Å². The predicted molar refractivity (Wildman–Crippen MR) is 112 cm³/mol. The SMILES string of the molecule is CC(=O)Nc1ccccc1OCN1CCO[C@@H](CCCC(=O)c2ccc(F)cc2)C1. The molecule has 1 fully saturated rings. The standard InChI is InChI=1S/C23H27FN2O4/c1-17(27)25-21-6-2-3-8-23(21)30-16-26-13-14-29-20(15-26)5-4-7-22(28)18-9-11-19(24)12-10-18/h2-3,6,8-12,20H,4-5,7,13-16H2,1H3,(H,25,27)/t20-/m0/s1. The summed E-state index contributed by atoms with van der Waals surface area (Å²) < 4.78 is 24.7. The van der Waals surface area contributed by atoms with Crippen LogP contribution in [0.4, 0.5) is 10.1 Å². The molecule has 1 atom stereocenters. The quantitative estimate of drug-likeness (QED) is 0.631. The van der Waals surface area contributed by atoms with Crippen molar-refractivity contribution in [1.82, 2.24) is 4.90 Å². The van der Waals surface area contributed by atoms with Crippen LogP contribution in [0.3, 0.4) is 0 Å². The van der Waals surface area contributed by atoms with Crippen molar-refractivity contribution in [2.75, 3.05) is 31.7 Å². The van der Waals surface area contributed by atoms with Crippen molar-refractivity contribution in [1.29, 1.82) is 0 Å². The summed E-state index contributed by atoms with van der Waals surface area (Å²) in [5, 5.41) is 2.77. The molecule has 2 aromatic rings. The Bertz CT molecular complexity index is 857. The average molecular weight is 414 g/mol. The van der Waals surface area contributed by atoms with Crippen molar-refractivity contribution in [3.63, 3.8) is 0 Å². The van der Waals surface area contributed by atoms with Crippen molar-refractivity contribution in [3.05, 3.63) is 59.9 Å². The Kier molecular flexibility index (Phi) is 7.93. The number of benzene rings is 2. The maximum atomic E-state index is 13.0. The lowest BCUT2D eigenvalue weighted by atomic mass is 10.0. The molecular weight excluding hydrogens is 387 g/mol. The largest absolute Gasteiger partial charge is 0.476 e. The number of anilines is 1. The summed E-state index contributed by atoms with van der Waals surface area (Å²) in [7, 11) is 0. The third-order valence-electron chi connectivity index (χ3n) is 4.92. The Morgan fingerprint density at radius 1 is 1.20 bits per heavy atom. The van der Waals surface area contributed by atoms with Gasteiger partial charge in [-0.05, 0) is 49.2 Å². The number of nitrogens with zero attached hydrogens (tertiary/aromatic N) is 1. The van der Waals surface area contributed by atoms with Crippen LogP contribution in [0.5, 0.6) is 5.75 Å². The molecule has 1 aliphatic rings. The van der Waals surface area contributed by atoms with Gasteiger partial charge in [0.25, 0.3) is 0 Å². The van der Waals surface area contributed by atoms with Crippen molar-refractivity contribution >= 4 is 17.4 Å². The first-order valence-corrected chi connectivity index (χ1v) is 10.1. The number of ether oxygens (including phenoxy) is 2. The molecule has 0 spiro atoms. The van der Waals surface area contributed by atoms with Crippen LogP contribution in [0.1, 0.15) is 36.5 Å². The van der Waals surface area contributed by atoms with Crippen LogP contribution in [0, 0.1) is 5.82 Å². The Labute approximate surface area is 176 Å². The molecule has 160 valence electrons. The van der Waals surface area contributed by atoms with Gasteiger partial charge in [0.15, 0.2) is 5.78 Å². The van der Waals surface area contributed by atoms with Gasteiger partial charge in [0.2, 0.25) is 5.91 Å². The molecule has 1 aliphatic heterocycles. The van der Waals surface area contributed by atoms with Gasteiger partial charge >= 0.3 is 0 Å². The zero-order valence-electron chi connectivity index (χ0n) is 17.1. The number of carbonyl (C=O) groups is 2. The number of morpholine rings is 1. The zero-order valence-corrected chi connectivity index (χ0v) is 17.1. The number of hydrogen-bond acceptors (Lipinski definition) is 5. The lowest BCUT2D eigenvalue weighted by molar-refractivity contribution is -0.114. The third-order valence-corrected chi connectivity index (χ3v) is 4.92. The lowest BCUT2D eigenvalue weighted by Gasteiger charge is -2.32.